The number of anilines is 1. The van der Waals surface area contributed by atoms with Gasteiger partial charge in [0.05, 0.1) is 21.6 Å². The Morgan fingerprint density at radius 2 is 2.20 bits per heavy atom. The Labute approximate surface area is 101 Å². The van der Waals surface area contributed by atoms with Gasteiger partial charge in [-0.1, -0.05) is 11.6 Å². The van der Waals surface area contributed by atoms with Crippen molar-refractivity contribution >= 4 is 43.2 Å². The van der Waals surface area contributed by atoms with Crippen LogP contribution in [-0.4, -0.2) is 18.7 Å². The molecular formula is C8H8BrClN2O2S. The van der Waals surface area contributed by atoms with Crippen LogP contribution in [0.2, 0.25) is 5.15 Å². The first-order valence-corrected chi connectivity index (χ1v) is 7.03. The minimum atomic E-state index is -3.22. The maximum Gasteiger partial charge on any atom is 0.235 e. The van der Waals surface area contributed by atoms with Gasteiger partial charge in [0, 0.05) is 0 Å². The molecule has 0 unspecified atom stereocenters. The van der Waals surface area contributed by atoms with E-state index in [-0.39, 0.29) is 5.25 Å². The lowest BCUT2D eigenvalue weighted by Crippen LogP contribution is -2.17. The van der Waals surface area contributed by atoms with Crippen molar-refractivity contribution in [1.29, 1.82) is 0 Å². The van der Waals surface area contributed by atoms with Gasteiger partial charge in [-0.25, -0.2) is 13.4 Å². The van der Waals surface area contributed by atoms with Gasteiger partial charge in [-0.15, -0.1) is 0 Å². The van der Waals surface area contributed by atoms with E-state index in [0.717, 1.165) is 12.8 Å². The zero-order valence-corrected chi connectivity index (χ0v) is 10.7. The lowest BCUT2D eigenvalue weighted by atomic mass is 10.4. The van der Waals surface area contributed by atoms with Crippen LogP contribution in [0.25, 0.3) is 0 Å². The second-order valence-electron chi connectivity index (χ2n) is 3.34. The summed E-state index contributed by atoms with van der Waals surface area (Å²) in [6.07, 6.45) is 2.86. The molecule has 4 nitrogen and oxygen atoms in total. The van der Waals surface area contributed by atoms with Gasteiger partial charge >= 0.3 is 0 Å². The quantitative estimate of drug-likeness (QED) is 0.872. The topological polar surface area (TPSA) is 59.1 Å². The molecule has 0 saturated heterocycles. The molecule has 1 fully saturated rings. The molecule has 7 heteroatoms. The van der Waals surface area contributed by atoms with E-state index in [1.54, 1.807) is 6.07 Å². The molecule has 0 spiro atoms. The molecule has 1 aromatic heterocycles. The van der Waals surface area contributed by atoms with Crippen molar-refractivity contribution in [3.63, 3.8) is 0 Å². The molecule has 1 aromatic rings. The fourth-order valence-corrected chi connectivity index (χ4v) is 2.92. The van der Waals surface area contributed by atoms with Crippen LogP contribution in [0.5, 0.6) is 0 Å². The van der Waals surface area contributed by atoms with Crippen LogP contribution in [-0.2, 0) is 10.0 Å². The van der Waals surface area contributed by atoms with Crippen LogP contribution >= 0.6 is 27.5 Å². The van der Waals surface area contributed by atoms with Gasteiger partial charge in [-0.2, -0.15) is 0 Å². The van der Waals surface area contributed by atoms with Gasteiger partial charge in [0.1, 0.15) is 5.15 Å². The minimum Gasteiger partial charge on any atom is -0.282 e. The van der Waals surface area contributed by atoms with Crippen molar-refractivity contribution in [3.05, 3.63) is 21.9 Å². The molecule has 0 amide bonds. The van der Waals surface area contributed by atoms with E-state index < -0.39 is 10.0 Å². The number of hydrogen-bond acceptors (Lipinski definition) is 3. The van der Waals surface area contributed by atoms with Crippen LogP contribution in [0.1, 0.15) is 12.8 Å². The van der Waals surface area contributed by atoms with Crippen LogP contribution in [0.15, 0.2) is 16.7 Å². The second kappa shape index (κ2) is 3.92. The molecule has 2 rings (SSSR count). The number of halogens is 2. The molecule has 15 heavy (non-hydrogen) atoms. The van der Waals surface area contributed by atoms with Crippen LogP contribution in [0, 0.1) is 0 Å². The van der Waals surface area contributed by atoms with E-state index in [0.29, 0.717) is 15.3 Å². The summed E-state index contributed by atoms with van der Waals surface area (Å²) in [5.41, 5.74) is 0.429. The maximum absolute atomic E-state index is 11.6. The van der Waals surface area contributed by atoms with Crippen molar-refractivity contribution in [1.82, 2.24) is 4.98 Å². The Bertz CT molecular complexity index is 487. The van der Waals surface area contributed by atoms with Crippen molar-refractivity contribution in [2.24, 2.45) is 0 Å². The highest BCUT2D eigenvalue weighted by Gasteiger charge is 2.35. The van der Waals surface area contributed by atoms with Crippen molar-refractivity contribution in [3.8, 4) is 0 Å². The summed E-state index contributed by atoms with van der Waals surface area (Å²) in [6, 6.07) is 1.59. The third-order valence-corrected chi connectivity index (χ3v) is 5.02. The molecule has 0 radical (unpaired) electrons. The first-order valence-electron chi connectivity index (χ1n) is 4.32. The van der Waals surface area contributed by atoms with E-state index >= 15 is 0 Å². The van der Waals surface area contributed by atoms with E-state index in [1.165, 1.54) is 6.20 Å². The molecule has 1 N–H and O–H groups in total. The summed E-state index contributed by atoms with van der Waals surface area (Å²) in [6.45, 7) is 0. The lowest BCUT2D eigenvalue weighted by Gasteiger charge is -2.06. The number of hydrogen-bond donors (Lipinski definition) is 1. The molecule has 1 saturated carbocycles. The van der Waals surface area contributed by atoms with Crippen molar-refractivity contribution in [2.45, 2.75) is 18.1 Å². The molecule has 82 valence electrons. The summed E-state index contributed by atoms with van der Waals surface area (Å²) in [7, 11) is -3.22. The zero-order valence-electron chi connectivity index (χ0n) is 7.57. The number of sulfonamides is 1. The van der Waals surface area contributed by atoms with Gasteiger partial charge < -0.3 is 0 Å². The van der Waals surface area contributed by atoms with Gasteiger partial charge in [-0.05, 0) is 34.8 Å². The molecule has 0 aliphatic heterocycles. The van der Waals surface area contributed by atoms with E-state index in [2.05, 4.69) is 25.6 Å². The number of nitrogens with one attached hydrogen (secondary N) is 1. The summed E-state index contributed by atoms with van der Waals surface area (Å²) >= 11 is 8.87. The molecule has 1 heterocycles. The average Bonchev–Trinajstić information content (AvgIpc) is 2.93. The third-order valence-electron chi connectivity index (χ3n) is 2.02. The Balaban J connectivity index is 2.21. The van der Waals surface area contributed by atoms with Gasteiger partial charge in [0.2, 0.25) is 10.0 Å². The Hall–Kier alpha value is -0.330. The highest BCUT2D eigenvalue weighted by Crippen LogP contribution is 2.30. The fourth-order valence-electron chi connectivity index (χ4n) is 1.10. The predicted molar refractivity (Wildman–Crippen MR) is 62.5 cm³/mol. The van der Waals surface area contributed by atoms with Crippen LogP contribution in [0.4, 0.5) is 5.69 Å². The lowest BCUT2D eigenvalue weighted by molar-refractivity contribution is 0.600. The number of rotatable bonds is 3. The highest BCUT2D eigenvalue weighted by atomic mass is 79.9. The van der Waals surface area contributed by atoms with Crippen molar-refractivity contribution in [2.75, 3.05) is 4.72 Å². The second-order valence-corrected chi connectivity index (χ2v) is 6.52. The number of pyridine rings is 1. The van der Waals surface area contributed by atoms with E-state index in [9.17, 15) is 8.42 Å². The molecule has 0 atom stereocenters. The Morgan fingerprint density at radius 1 is 1.53 bits per heavy atom. The molecule has 1 aliphatic carbocycles. The average molecular weight is 312 g/mol. The normalized spacial score (nSPS) is 16.4. The smallest absolute Gasteiger partial charge is 0.235 e. The van der Waals surface area contributed by atoms with Gasteiger partial charge in [0.25, 0.3) is 0 Å². The zero-order chi connectivity index (χ0) is 11.1. The number of aromatic nitrogens is 1. The standard InChI is InChI=1S/C8H8BrClN2O2S/c9-7-3-5(4-11-8(7)10)12-15(13,14)6-1-2-6/h3-4,6,12H,1-2H2. The Morgan fingerprint density at radius 3 is 2.73 bits per heavy atom. The molecule has 0 bridgehead atoms. The highest BCUT2D eigenvalue weighted by molar-refractivity contribution is 9.10. The first-order chi connectivity index (χ1) is 6.99. The number of nitrogens with zero attached hydrogens (tertiary/aromatic N) is 1. The molecule has 0 aromatic carbocycles. The van der Waals surface area contributed by atoms with E-state index in [4.69, 9.17) is 11.6 Å². The molecule has 1 aliphatic rings. The summed E-state index contributed by atoms with van der Waals surface area (Å²) in [5.74, 6) is 0. The monoisotopic (exact) mass is 310 g/mol. The summed E-state index contributed by atoms with van der Waals surface area (Å²) in [5, 5.41) is 0.0660. The summed E-state index contributed by atoms with van der Waals surface area (Å²) in [4.78, 5) is 3.83. The largest absolute Gasteiger partial charge is 0.282 e. The minimum absolute atomic E-state index is 0.244. The molecular weight excluding hydrogens is 304 g/mol. The maximum atomic E-state index is 11.6. The SMILES string of the molecule is O=S(=O)(Nc1cnc(Cl)c(Br)c1)C1CC1. The first kappa shape index (κ1) is 11.2. The fraction of sp³-hybridized carbons (Fsp3) is 0.375. The van der Waals surface area contributed by atoms with Crippen molar-refractivity contribution < 1.29 is 8.42 Å². The van der Waals surface area contributed by atoms with Crippen LogP contribution in [0.3, 0.4) is 0 Å². The predicted octanol–water partition coefficient (Wildman–Crippen LogP) is 2.40. The van der Waals surface area contributed by atoms with Gasteiger partial charge in [-0.3, -0.25) is 4.72 Å². The Kier molecular flexibility index (Phi) is 2.92. The third kappa shape index (κ3) is 2.62. The summed E-state index contributed by atoms with van der Waals surface area (Å²) < 4.78 is 26.2. The van der Waals surface area contributed by atoms with Gasteiger partial charge in [0.15, 0.2) is 0 Å². The van der Waals surface area contributed by atoms with Crippen LogP contribution < -0.4 is 4.72 Å². The van der Waals surface area contributed by atoms with E-state index in [1.807, 2.05) is 0 Å².